The molecule has 0 bridgehead atoms. The zero-order valence-electron chi connectivity index (χ0n) is 18.0. The van der Waals surface area contributed by atoms with Crippen molar-refractivity contribution in [1.82, 2.24) is 9.62 Å². The summed E-state index contributed by atoms with van der Waals surface area (Å²) in [6.45, 7) is 4.57. The molecule has 0 radical (unpaired) electrons. The number of morpholine rings is 1. The molecular formula is C22H26ClN3O5S. The predicted molar refractivity (Wildman–Crippen MR) is 123 cm³/mol. The molecule has 2 N–H and O–H groups in total. The van der Waals surface area contributed by atoms with Crippen molar-refractivity contribution >= 4 is 39.1 Å². The number of nitrogens with one attached hydrogen (secondary N) is 2. The van der Waals surface area contributed by atoms with Gasteiger partial charge in [0.2, 0.25) is 15.9 Å². The SMILES string of the molecule is CCc1ccc(C(=O)NCC(=O)Nc2cccc(Cl)c2C)cc1S(=O)(=O)N1CCOCC1. The number of nitrogens with zero attached hydrogens (tertiary/aromatic N) is 1. The number of amides is 2. The first-order valence-electron chi connectivity index (χ1n) is 10.3. The van der Waals surface area contributed by atoms with Crippen LogP contribution in [0.3, 0.4) is 0 Å². The van der Waals surface area contributed by atoms with Gasteiger partial charge in [-0.25, -0.2) is 8.42 Å². The van der Waals surface area contributed by atoms with Crippen LogP contribution in [0.1, 0.15) is 28.4 Å². The topological polar surface area (TPSA) is 105 Å². The molecule has 0 saturated carbocycles. The smallest absolute Gasteiger partial charge is 0.251 e. The first-order valence-corrected chi connectivity index (χ1v) is 12.1. The average molecular weight is 480 g/mol. The van der Waals surface area contributed by atoms with E-state index < -0.39 is 21.8 Å². The molecule has 1 aliphatic heterocycles. The lowest BCUT2D eigenvalue weighted by Crippen LogP contribution is -2.41. The molecule has 0 aliphatic carbocycles. The number of benzene rings is 2. The van der Waals surface area contributed by atoms with Gasteiger partial charge in [0.15, 0.2) is 0 Å². The van der Waals surface area contributed by atoms with Crippen molar-refractivity contribution in [3.8, 4) is 0 Å². The largest absolute Gasteiger partial charge is 0.379 e. The molecule has 1 saturated heterocycles. The van der Waals surface area contributed by atoms with Crippen molar-refractivity contribution in [1.29, 1.82) is 0 Å². The Morgan fingerprint density at radius 2 is 1.88 bits per heavy atom. The molecule has 3 rings (SSSR count). The number of carbonyl (C=O) groups excluding carboxylic acids is 2. The van der Waals surface area contributed by atoms with Gasteiger partial charge in [-0.1, -0.05) is 30.7 Å². The van der Waals surface area contributed by atoms with E-state index in [1.54, 1.807) is 37.3 Å². The van der Waals surface area contributed by atoms with E-state index in [1.807, 2.05) is 6.92 Å². The first kappa shape index (κ1) is 24.2. The number of hydrogen-bond acceptors (Lipinski definition) is 5. The normalized spacial score (nSPS) is 14.7. The van der Waals surface area contributed by atoms with E-state index >= 15 is 0 Å². The van der Waals surface area contributed by atoms with E-state index in [1.165, 1.54) is 10.4 Å². The molecule has 10 heteroatoms. The van der Waals surface area contributed by atoms with Crippen LogP contribution < -0.4 is 10.6 Å². The highest BCUT2D eigenvalue weighted by molar-refractivity contribution is 7.89. The lowest BCUT2D eigenvalue weighted by Gasteiger charge is -2.27. The summed E-state index contributed by atoms with van der Waals surface area (Å²) in [5.41, 5.74) is 2.08. The van der Waals surface area contributed by atoms with E-state index in [2.05, 4.69) is 10.6 Å². The Bertz CT molecular complexity index is 1110. The monoisotopic (exact) mass is 479 g/mol. The van der Waals surface area contributed by atoms with Crippen LogP contribution >= 0.6 is 11.6 Å². The molecule has 8 nitrogen and oxygen atoms in total. The van der Waals surface area contributed by atoms with E-state index in [-0.39, 0.29) is 30.1 Å². The molecule has 1 fully saturated rings. The zero-order valence-corrected chi connectivity index (χ0v) is 19.6. The fourth-order valence-electron chi connectivity index (χ4n) is 3.35. The van der Waals surface area contributed by atoms with Gasteiger partial charge in [0.05, 0.1) is 24.7 Å². The minimum absolute atomic E-state index is 0.105. The van der Waals surface area contributed by atoms with Gasteiger partial charge in [-0.05, 0) is 48.7 Å². The van der Waals surface area contributed by atoms with E-state index in [9.17, 15) is 18.0 Å². The molecule has 2 amide bonds. The third kappa shape index (κ3) is 5.47. The van der Waals surface area contributed by atoms with Crippen molar-refractivity contribution in [2.75, 3.05) is 38.2 Å². The number of halogens is 1. The van der Waals surface area contributed by atoms with Crippen molar-refractivity contribution in [2.24, 2.45) is 0 Å². The Labute approximate surface area is 192 Å². The fraction of sp³-hybridized carbons (Fsp3) is 0.364. The van der Waals surface area contributed by atoms with Gasteiger partial charge in [0.25, 0.3) is 5.91 Å². The van der Waals surface area contributed by atoms with Gasteiger partial charge in [0, 0.05) is 29.4 Å². The van der Waals surface area contributed by atoms with Crippen LogP contribution in [0.4, 0.5) is 5.69 Å². The number of rotatable bonds is 7. The Morgan fingerprint density at radius 3 is 2.56 bits per heavy atom. The van der Waals surface area contributed by atoms with Crippen LogP contribution in [-0.4, -0.2) is 57.4 Å². The summed E-state index contributed by atoms with van der Waals surface area (Å²) in [5.74, 6) is -0.959. The van der Waals surface area contributed by atoms with Crippen LogP contribution in [-0.2, 0) is 26.0 Å². The summed E-state index contributed by atoms with van der Waals surface area (Å²) >= 11 is 6.06. The first-order chi connectivity index (χ1) is 15.2. The minimum atomic E-state index is -3.76. The van der Waals surface area contributed by atoms with Gasteiger partial charge < -0.3 is 15.4 Å². The lowest BCUT2D eigenvalue weighted by atomic mass is 10.1. The predicted octanol–water partition coefficient (Wildman–Crippen LogP) is 2.60. The average Bonchev–Trinajstić information content (AvgIpc) is 2.80. The zero-order chi connectivity index (χ0) is 23.3. The maximum Gasteiger partial charge on any atom is 0.251 e. The van der Waals surface area contributed by atoms with Crippen LogP contribution in [0.15, 0.2) is 41.3 Å². The van der Waals surface area contributed by atoms with Crippen molar-refractivity contribution in [2.45, 2.75) is 25.2 Å². The van der Waals surface area contributed by atoms with E-state index in [4.69, 9.17) is 16.3 Å². The third-order valence-electron chi connectivity index (χ3n) is 5.25. The van der Waals surface area contributed by atoms with Gasteiger partial charge >= 0.3 is 0 Å². The molecule has 1 aliphatic rings. The van der Waals surface area contributed by atoms with Crippen molar-refractivity contribution in [3.63, 3.8) is 0 Å². The Balaban J connectivity index is 1.72. The minimum Gasteiger partial charge on any atom is -0.379 e. The molecule has 32 heavy (non-hydrogen) atoms. The number of hydrogen-bond donors (Lipinski definition) is 2. The van der Waals surface area contributed by atoms with Gasteiger partial charge in [-0.3, -0.25) is 9.59 Å². The van der Waals surface area contributed by atoms with E-state index in [0.29, 0.717) is 35.9 Å². The molecule has 2 aromatic rings. The quantitative estimate of drug-likeness (QED) is 0.635. The number of ether oxygens (including phenoxy) is 1. The van der Waals surface area contributed by atoms with Crippen LogP contribution in [0.25, 0.3) is 0 Å². The van der Waals surface area contributed by atoms with Crippen molar-refractivity contribution in [3.05, 3.63) is 58.1 Å². The highest BCUT2D eigenvalue weighted by Gasteiger charge is 2.29. The standard InChI is InChI=1S/C22H26ClN3O5S/c1-3-16-7-8-17(13-20(16)32(29,30)26-9-11-31-12-10-26)22(28)24-14-21(27)25-19-6-4-5-18(23)15(19)2/h4-8,13H,3,9-12,14H2,1-2H3,(H,24,28)(H,25,27). The molecule has 1 heterocycles. The maximum atomic E-state index is 13.1. The Morgan fingerprint density at radius 1 is 1.16 bits per heavy atom. The summed E-state index contributed by atoms with van der Waals surface area (Å²) in [6, 6.07) is 9.72. The second kappa shape index (κ2) is 10.4. The van der Waals surface area contributed by atoms with Crippen LogP contribution in [0, 0.1) is 6.92 Å². The number of carbonyl (C=O) groups is 2. The van der Waals surface area contributed by atoms with E-state index in [0.717, 1.165) is 5.56 Å². The summed E-state index contributed by atoms with van der Waals surface area (Å²) in [7, 11) is -3.76. The number of anilines is 1. The summed E-state index contributed by atoms with van der Waals surface area (Å²) in [6.07, 6.45) is 0.502. The molecule has 0 aromatic heterocycles. The molecular weight excluding hydrogens is 454 g/mol. The summed E-state index contributed by atoms with van der Waals surface area (Å²) in [5, 5.41) is 5.76. The van der Waals surface area contributed by atoms with Crippen LogP contribution in [0.5, 0.6) is 0 Å². The van der Waals surface area contributed by atoms with Gasteiger partial charge in [-0.2, -0.15) is 4.31 Å². The maximum absolute atomic E-state index is 13.1. The second-order valence-corrected chi connectivity index (χ2v) is 9.65. The summed E-state index contributed by atoms with van der Waals surface area (Å²) < 4.78 is 32.9. The summed E-state index contributed by atoms with van der Waals surface area (Å²) in [4.78, 5) is 25.0. The van der Waals surface area contributed by atoms with Gasteiger partial charge in [-0.15, -0.1) is 0 Å². The molecule has 172 valence electrons. The van der Waals surface area contributed by atoms with Gasteiger partial charge in [0.1, 0.15) is 0 Å². The Kier molecular flexibility index (Phi) is 7.89. The van der Waals surface area contributed by atoms with Crippen LogP contribution in [0.2, 0.25) is 5.02 Å². The molecule has 0 spiro atoms. The molecule has 0 unspecified atom stereocenters. The molecule has 0 atom stereocenters. The Hall–Kier alpha value is -2.46. The number of sulfonamides is 1. The fourth-order valence-corrected chi connectivity index (χ4v) is 5.26. The molecule has 2 aromatic carbocycles. The van der Waals surface area contributed by atoms with Crippen molar-refractivity contribution < 1.29 is 22.7 Å². The third-order valence-corrected chi connectivity index (χ3v) is 7.64. The highest BCUT2D eigenvalue weighted by atomic mass is 35.5. The highest BCUT2D eigenvalue weighted by Crippen LogP contribution is 2.24. The lowest BCUT2D eigenvalue weighted by molar-refractivity contribution is -0.115. The second-order valence-electron chi connectivity index (χ2n) is 7.34. The number of aryl methyl sites for hydroxylation is 1.